The van der Waals surface area contributed by atoms with E-state index in [1.54, 1.807) is 0 Å². The summed E-state index contributed by atoms with van der Waals surface area (Å²) in [6.45, 7) is 0.654. The Balaban J connectivity index is 1.84. The van der Waals surface area contributed by atoms with E-state index in [-0.39, 0.29) is 0 Å². The van der Waals surface area contributed by atoms with Gasteiger partial charge in [-0.15, -0.1) is 0 Å². The third-order valence-corrected chi connectivity index (χ3v) is 2.98. The Morgan fingerprint density at radius 1 is 1.14 bits per heavy atom. The van der Waals surface area contributed by atoms with Crippen molar-refractivity contribution in [2.24, 2.45) is 0 Å². The topological polar surface area (TPSA) is 37.2 Å². The lowest BCUT2D eigenvalue weighted by Gasteiger charge is -2.32. The van der Waals surface area contributed by atoms with Crippen LogP contribution in [0, 0.1) is 0 Å². The van der Waals surface area contributed by atoms with Gasteiger partial charge in [0, 0.05) is 12.4 Å². The van der Waals surface area contributed by atoms with Crippen molar-refractivity contribution in [1.82, 2.24) is 4.68 Å². The highest BCUT2D eigenvalue weighted by atomic mass is 16.3. The van der Waals surface area contributed by atoms with Gasteiger partial charge in [0.1, 0.15) is 0 Å². The molecular weight excluding hydrogens is 176 g/mol. The molecule has 1 aromatic heterocycles. The lowest BCUT2D eigenvalue weighted by Crippen LogP contribution is -2.40. The molecule has 3 nitrogen and oxygen atoms in total. The van der Waals surface area contributed by atoms with Crippen molar-refractivity contribution in [3.05, 3.63) is 24.5 Å². The molecule has 3 heteroatoms. The molecule has 0 aromatic carbocycles. The zero-order chi connectivity index (χ0) is 9.86. The highest BCUT2D eigenvalue weighted by Crippen LogP contribution is 2.27. The molecule has 0 aliphatic heterocycles. The van der Waals surface area contributed by atoms with Crippen LogP contribution in [0.4, 0.5) is 0 Å². The molecular formula is C11H18N2O. The number of aromatic nitrogens is 1. The van der Waals surface area contributed by atoms with Gasteiger partial charge in [-0.25, -0.2) is 0 Å². The number of aliphatic hydroxyl groups is 1. The van der Waals surface area contributed by atoms with E-state index in [9.17, 15) is 5.11 Å². The van der Waals surface area contributed by atoms with E-state index in [0.717, 1.165) is 25.7 Å². The van der Waals surface area contributed by atoms with Crippen LogP contribution in [0.2, 0.25) is 0 Å². The third kappa shape index (κ3) is 2.29. The molecule has 2 N–H and O–H groups in total. The monoisotopic (exact) mass is 194 g/mol. The zero-order valence-corrected chi connectivity index (χ0v) is 8.45. The summed E-state index contributed by atoms with van der Waals surface area (Å²) in [7, 11) is 0. The lowest BCUT2D eigenvalue weighted by atomic mass is 9.85. The molecule has 0 atom stereocenters. The van der Waals surface area contributed by atoms with Crippen molar-refractivity contribution in [3.63, 3.8) is 0 Å². The maximum Gasteiger partial charge on any atom is 0.0835 e. The summed E-state index contributed by atoms with van der Waals surface area (Å²) >= 11 is 0. The number of rotatable bonds is 3. The molecule has 0 radical (unpaired) electrons. The van der Waals surface area contributed by atoms with Gasteiger partial charge in [0.2, 0.25) is 0 Å². The van der Waals surface area contributed by atoms with Crippen LogP contribution in [0.1, 0.15) is 32.1 Å². The molecule has 0 amide bonds. The Morgan fingerprint density at radius 3 is 2.43 bits per heavy atom. The molecule has 2 rings (SSSR count). The Morgan fingerprint density at radius 2 is 1.79 bits per heavy atom. The minimum absolute atomic E-state index is 0.484. The van der Waals surface area contributed by atoms with Crippen LogP contribution < -0.4 is 5.43 Å². The molecule has 14 heavy (non-hydrogen) atoms. The highest BCUT2D eigenvalue weighted by molar-refractivity contribution is 4.96. The predicted molar refractivity (Wildman–Crippen MR) is 56.7 cm³/mol. The summed E-state index contributed by atoms with van der Waals surface area (Å²) in [5.74, 6) is 0. The SMILES string of the molecule is OC1(CNn2cccc2)CCCCC1. The van der Waals surface area contributed by atoms with Gasteiger partial charge in [0.05, 0.1) is 12.1 Å². The Bertz CT molecular complexity index is 263. The molecule has 1 aliphatic carbocycles. The van der Waals surface area contributed by atoms with E-state index in [2.05, 4.69) is 5.43 Å². The molecule has 1 fully saturated rings. The normalized spacial score (nSPS) is 20.6. The summed E-state index contributed by atoms with van der Waals surface area (Å²) in [5, 5.41) is 10.2. The molecule has 78 valence electrons. The van der Waals surface area contributed by atoms with E-state index in [1.807, 2.05) is 29.2 Å². The maximum atomic E-state index is 10.2. The first-order valence-electron chi connectivity index (χ1n) is 5.38. The second-order valence-corrected chi connectivity index (χ2v) is 4.21. The van der Waals surface area contributed by atoms with Crippen LogP contribution in [-0.4, -0.2) is 21.9 Å². The number of nitrogens with zero attached hydrogens (tertiary/aromatic N) is 1. The highest BCUT2D eigenvalue weighted by Gasteiger charge is 2.28. The first-order chi connectivity index (χ1) is 6.79. The van der Waals surface area contributed by atoms with Gasteiger partial charge in [-0.1, -0.05) is 19.3 Å². The molecule has 1 saturated carbocycles. The third-order valence-electron chi connectivity index (χ3n) is 2.98. The molecule has 1 heterocycles. The quantitative estimate of drug-likeness (QED) is 0.769. The molecule has 0 saturated heterocycles. The van der Waals surface area contributed by atoms with Crippen LogP contribution in [0.25, 0.3) is 0 Å². The summed E-state index contributed by atoms with van der Waals surface area (Å²) in [6.07, 6.45) is 9.35. The second-order valence-electron chi connectivity index (χ2n) is 4.21. The van der Waals surface area contributed by atoms with E-state index in [1.165, 1.54) is 6.42 Å². The molecule has 0 spiro atoms. The smallest absolute Gasteiger partial charge is 0.0835 e. The van der Waals surface area contributed by atoms with Crippen molar-refractivity contribution >= 4 is 0 Å². The van der Waals surface area contributed by atoms with Crippen LogP contribution >= 0.6 is 0 Å². The van der Waals surface area contributed by atoms with Crippen LogP contribution in [0.15, 0.2) is 24.5 Å². The van der Waals surface area contributed by atoms with Gasteiger partial charge >= 0.3 is 0 Å². The van der Waals surface area contributed by atoms with Crippen LogP contribution in [0.5, 0.6) is 0 Å². The molecule has 0 bridgehead atoms. The largest absolute Gasteiger partial charge is 0.388 e. The number of hydrogen-bond donors (Lipinski definition) is 2. The van der Waals surface area contributed by atoms with Crippen LogP contribution in [-0.2, 0) is 0 Å². The molecule has 1 aromatic rings. The van der Waals surface area contributed by atoms with Gasteiger partial charge < -0.3 is 10.5 Å². The van der Waals surface area contributed by atoms with Gasteiger partial charge in [-0.2, -0.15) is 0 Å². The van der Waals surface area contributed by atoms with Gasteiger partial charge in [0.15, 0.2) is 0 Å². The summed E-state index contributed by atoms with van der Waals surface area (Å²) in [6, 6.07) is 3.94. The number of hydrogen-bond acceptors (Lipinski definition) is 2. The van der Waals surface area contributed by atoms with Crippen molar-refractivity contribution in [2.45, 2.75) is 37.7 Å². The Labute approximate surface area is 84.7 Å². The fourth-order valence-corrected chi connectivity index (χ4v) is 2.07. The second kappa shape index (κ2) is 4.05. The van der Waals surface area contributed by atoms with Gasteiger partial charge in [-0.05, 0) is 25.0 Å². The predicted octanol–water partition coefficient (Wildman–Crippen LogP) is 1.73. The zero-order valence-electron chi connectivity index (χ0n) is 8.45. The van der Waals surface area contributed by atoms with E-state index >= 15 is 0 Å². The van der Waals surface area contributed by atoms with Crippen molar-refractivity contribution in [1.29, 1.82) is 0 Å². The average Bonchev–Trinajstić information content (AvgIpc) is 2.69. The summed E-state index contributed by atoms with van der Waals surface area (Å²) < 4.78 is 1.90. The van der Waals surface area contributed by atoms with Gasteiger partial charge in [0.25, 0.3) is 0 Å². The first-order valence-corrected chi connectivity index (χ1v) is 5.38. The molecule has 1 aliphatic rings. The van der Waals surface area contributed by atoms with Gasteiger partial charge in [-0.3, -0.25) is 4.68 Å². The van der Waals surface area contributed by atoms with E-state index < -0.39 is 5.60 Å². The van der Waals surface area contributed by atoms with E-state index in [4.69, 9.17) is 0 Å². The van der Waals surface area contributed by atoms with Crippen molar-refractivity contribution < 1.29 is 5.11 Å². The van der Waals surface area contributed by atoms with Crippen molar-refractivity contribution in [2.75, 3.05) is 12.0 Å². The maximum absolute atomic E-state index is 10.2. The number of nitrogens with one attached hydrogen (secondary N) is 1. The van der Waals surface area contributed by atoms with Crippen molar-refractivity contribution in [3.8, 4) is 0 Å². The Kier molecular flexibility index (Phi) is 2.77. The van der Waals surface area contributed by atoms with E-state index in [0.29, 0.717) is 6.54 Å². The Hall–Kier alpha value is -0.960. The molecule has 0 unspecified atom stereocenters. The lowest BCUT2D eigenvalue weighted by molar-refractivity contribution is 0.0145. The average molecular weight is 194 g/mol. The minimum atomic E-state index is -0.484. The fourth-order valence-electron chi connectivity index (χ4n) is 2.07. The fraction of sp³-hybridized carbons (Fsp3) is 0.636. The standard InChI is InChI=1S/C11H18N2O/c14-11(6-2-1-3-7-11)10-12-13-8-4-5-9-13/h4-5,8-9,12,14H,1-3,6-7,10H2. The summed E-state index contributed by atoms with van der Waals surface area (Å²) in [4.78, 5) is 0. The van der Waals surface area contributed by atoms with Crippen LogP contribution in [0.3, 0.4) is 0 Å². The minimum Gasteiger partial charge on any atom is -0.388 e. The summed E-state index contributed by atoms with van der Waals surface area (Å²) in [5.41, 5.74) is 2.72. The first kappa shape index (κ1) is 9.59.